The third kappa shape index (κ3) is 3.38. The second-order valence-electron chi connectivity index (χ2n) is 9.18. The first-order valence-corrected chi connectivity index (χ1v) is 10.5. The number of hydrogen-bond acceptors (Lipinski definition) is 4. The maximum absolute atomic E-state index is 13.6. The van der Waals surface area contributed by atoms with E-state index in [1.165, 1.54) is 0 Å². The minimum absolute atomic E-state index is 0.0483. The zero-order valence-corrected chi connectivity index (χ0v) is 18.4. The van der Waals surface area contributed by atoms with E-state index in [4.69, 9.17) is 9.47 Å². The average Bonchev–Trinajstić information content (AvgIpc) is 3.30. The van der Waals surface area contributed by atoms with Crippen molar-refractivity contribution in [2.24, 2.45) is 5.41 Å². The molecule has 0 unspecified atom stereocenters. The number of carbonyl (C=O) groups is 2. The van der Waals surface area contributed by atoms with Crippen LogP contribution in [0.2, 0.25) is 0 Å². The molecule has 160 valence electrons. The van der Waals surface area contributed by atoms with Crippen LogP contribution >= 0.6 is 0 Å². The summed E-state index contributed by atoms with van der Waals surface area (Å²) in [5, 5.41) is 0. The average molecular weight is 411 g/mol. The predicted molar refractivity (Wildman–Crippen MR) is 115 cm³/mol. The zero-order valence-electron chi connectivity index (χ0n) is 18.4. The highest BCUT2D eigenvalue weighted by Gasteiger charge is 2.38. The maximum Gasteiger partial charge on any atom is 0.271 e. The molecule has 1 aliphatic heterocycles. The van der Waals surface area contributed by atoms with Gasteiger partial charge in [-0.05, 0) is 49.3 Å². The van der Waals surface area contributed by atoms with Crippen molar-refractivity contribution in [3.8, 4) is 11.5 Å². The Bertz CT molecular complexity index is 1000. The predicted octanol–water partition coefficient (Wildman–Crippen LogP) is 4.47. The first-order valence-electron chi connectivity index (χ1n) is 10.5. The molecule has 6 heteroatoms. The fraction of sp³-hybridized carbons (Fsp3) is 0.500. The quantitative estimate of drug-likeness (QED) is 0.807. The molecule has 1 aromatic heterocycles. The van der Waals surface area contributed by atoms with E-state index >= 15 is 0 Å². The van der Waals surface area contributed by atoms with Gasteiger partial charge in [0.05, 0.1) is 20.3 Å². The molecule has 1 aromatic carbocycles. The van der Waals surface area contributed by atoms with E-state index in [0.29, 0.717) is 18.7 Å². The minimum atomic E-state index is -0.0890. The van der Waals surface area contributed by atoms with Gasteiger partial charge in [-0.15, -0.1) is 0 Å². The number of likely N-dealkylation sites (tertiary alicyclic amines) is 1. The van der Waals surface area contributed by atoms with Crippen LogP contribution in [-0.2, 0) is 6.42 Å². The fourth-order valence-electron chi connectivity index (χ4n) is 5.02. The molecule has 1 fully saturated rings. The molecule has 4 rings (SSSR count). The number of carbonyl (C=O) groups excluding carboxylic acids is 2. The van der Waals surface area contributed by atoms with Crippen molar-refractivity contribution in [2.75, 3.05) is 20.8 Å². The summed E-state index contributed by atoms with van der Waals surface area (Å²) in [6.45, 7) is 6.76. The first kappa shape index (κ1) is 20.5. The van der Waals surface area contributed by atoms with Gasteiger partial charge in [0.25, 0.3) is 5.91 Å². The van der Waals surface area contributed by atoms with Crippen LogP contribution in [0.4, 0.5) is 0 Å². The molecule has 2 aromatic rings. The van der Waals surface area contributed by atoms with E-state index in [2.05, 4.69) is 18.8 Å². The van der Waals surface area contributed by atoms with Crippen molar-refractivity contribution in [1.82, 2.24) is 9.88 Å². The van der Waals surface area contributed by atoms with Crippen molar-refractivity contribution in [3.63, 3.8) is 0 Å². The summed E-state index contributed by atoms with van der Waals surface area (Å²) < 4.78 is 10.9. The summed E-state index contributed by atoms with van der Waals surface area (Å²) in [5.74, 6) is 1.52. The van der Waals surface area contributed by atoms with Crippen LogP contribution in [0, 0.1) is 12.3 Å². The fourth-order valence-corrected chi connectivity index (χ4v) is 5.02. The molecule has 0 saturated carbocycles. The summed E-state index contributed by atoms with van der Waals surface area (Å²) in [6, 6.07) is 5.67. The number of aromatic amines is 1. The van der Waals surface area contributed by atoms with Crippen LogP contribution in [-0.4, -0.2) is 42.3 Å². The lowest BCUT2D eigenvalue weighted by molar-refractivity contribution is 0.0727. The highest BCUT2D eigenvalue weighted by molar-refractivity contribution is 6.04. The highest BCUT2D eigenvalue weighted by Crippen LogP contribution is 2.41. The van der Waals surface area contributed by atoms with Crippen LogP contribution in [0.5, 0.6) is 11.5 Å². The molecule has 30 heavy (non-hydrogen) atoms. The number of fused-ring (bicyclic) bond motifs is 1. The van der Waals surface area contributed by atoms with E-state index in [9.17, 15) is 9.59 Å². The Kier molecular flexibility index (Phi) is 5.12. The third-order valence-electron chi connectivity index (χ3n) is 6.43. The van der Waals surface area contributed by atoms with E-state index in [-0.39, 0.29) is 23.1 Å². The summed E-state index contributed by atoms with van der Waals surface area (Å²) >= 11 is 0. The van der Waals surface area contributed by atoms with Gasteiger partial charge in [0.1, 0.15) is 17.2 Å². The van der Waals surface area contributed by atoms with Gasteiger partial charge in [0, 0.05) is 35.9 Å². The minimum Gasteiger partial charge on any atom is -0.497 e. The number of ketones is 1. The number of aromatic nitrogens is 1. The van der Waals surface area contributed by atoms with Crippen molar-refractivity contribution >= 4 is 11.7 Å². The van der Waals surface area contributed by atoms with Gasteiger partial charge in [-0.2, -0.15) is 0 Å². The van der Waals surface area contributed by atoms with Gasteiger partial charge in [0.15, 0.2) is 5.78 Å². The molecule has 6 nitrogen and oxygen atoms in total. The van der Waals surface area contributed by atoms with E-state index in [0.717, 1.165) is 53.1 Å². The number of benzene rings is 1. The third-order valence-corrected chi connectivity index (χ3v) is 6.43. The topological polar surface area (TPSA) is 71.6 Å². The van der Waals surface area contributed by atoms with Crippen LogP contribution in [0.3, 0.4) is 0 Å². The van der Waals surface area contributed by atoms with Crippen molar-refractivity contribution in [2.45, 2.75) is 52.5 Å². The van der Waals surface area contributed by atoms with Crippen molar-refractivity contribution in [1.29, 1.82) is 0 Å². The van der Waals surface area contributed by atoms with Crippen LogP contribution in [0.15, 0.2) is 18.2 Å². The van der Waals surface area contributed by atoms with Gasteiger partial charge in [0.2, 0.25) is 0 Å². The van der Waals surface area contributed by atoms with Crippen LogP contribution in [0.1, 0.15) is 76.8 Å². The number of ether oxygens (including phenoxy) is 2. The van der Waals surface area contributed by atoms with Gasteiger partial charge < -0.3 is 19.4 Å². The zero-order chi connectivity index (χ0) is 21.6. The van der Waals surface area contributed by atoms with Gasteiger partial charge in [-0.1, -0.05) is 13.8 Å². The standard InChI is InChI=1S/C24H30N2O4/c1-14-21-17(12-24(2,3)13-19(21)27)25-22(14)23(28)26-10-6-7-18(26)16-9-8-15(29-4)11-20(16)30-5/h8-9,11,18,25H,6-7,10,12-13H2,1-5H3/t18-/m0/s1. The molecule has 0 spiro atoms. The van der Waals surface area contributed by atoms with Crippen LogP contribution in [0.25, 0.3) is 0 Å². The second-order valence-corrected chi connectivity index (χ2v) is 9.18. The highest BCUT2D eigenvalue weighted by atomic mass is 16.5. The normalized spacial score (nSPS) is 20.2. The van der Waals surface area contributed by atoms with Crippen molar-refractivity contribution < 1.29 is 19.1 Å². The summed E-state index contributed by atoms with van der Waals surface area (Å²) in [6.07, 6.45) is 3.09. The molecule has 0 radical (unpaired) electrons. The number of Topliss-reactive ketones (excluding diaryl/α,β-unsaturated/α-hetero) is 1. The number of H-pyrrole nitrogens is 1. The van der Waals surface area contributed by atoms with Gasteiger partial charge >= 0.3 is 0 Å². The lowest BCUT2D eigenvalue weighted by Crippen LogP contribution is -2.31. The number of nitrogens with one attached hydrogen (secondary N) is 1. The first-order chi connectivity index (χ1) is 14.3. The second kappa shape index (κ2) is 7.49. The molecular weight excluding hydrogens is 380 g/mol. The Balaban J connectivity index is 1.68. The van der Waals surface area contributed by atoms with Gasteiger partial charge in [-0.25, -0.2) is 0 Å². The molecule has 1 atom stereocenters. The van der Waals surface area contributed by atoms with Crippen LogP contribution < -0.4 is 9.47 Å². The number of methoxy groups -OCH3 is 2. The van der Waals surface area contributed by atoms with E-state index in [1.807, 2.05) is 30.0 Å². The Hall–Kier alpha value is -2.76. The number of hydrogen-bond donors (Lipinski definition) is 1. The monoisotopic (exact) mass is 410 g/mol. The van der Waals surface area contributed by atoms with E-state index < -0.39 is 0 Å². The molecule has 2 heterocycles. The molecular formula is C24H30N2O4. The largest absolute Gasteiger partial charge is 0.497 e. The number of rotatable bonds is 4. The number of amides is 1. The SMILES string of the molecule is COc1ccc([C@@H]2CCCN2C(=O)c2[nH]c3c(c2C)C(=O)CC(C)(C)C3)c(OC)c1. The molecule has 1 amide bonds. The molecule has 1 N–H and O–H groups in total. The smallest absolute Gasteiger partial charge is 0.271 e. The molecule has 1 saturated heterocycles. The molecule has 1 aliphatic carbocycles. The Labute approximate surface area is 177 Å². The number of nitrogens with zero attached hydrogens (tertiary/aromatic N) is 1. The van der Waals surface area contributed by atoms with E-state index in [1.54, 1.807) is 14.2 Å². The van der Waals surface area contributed by atoms with Crippen molar-refractivity contribution in [3.05, 3.63) is 46.3 Å². The lowest BCUT2D eigenvalue weighted by atomic mass is 9.75. The Morgan fingerprint density at radius 2 is 1.97 bits per heavy atom. The maximum atomic E-state index is 13.6. The van der Waals surface area contributed by atoms with Gasteiger partial charge in [-0.3, -0.25) is 9.59 Å². The summed E-state index contributed by atoms with van der Waals surface area (Å²) in [4.78, 5) is 31.5. The summed E-state index contributed by atoms with van der Waals surface area (Å²) in [5.41, 5.74) is 3.84. The lowest BCUT2D eigenvalue weighted by Gasteiger charge is -2.28. The Morgan fingerprint density at radius 1 is 1.20 bits per heavy atom. The molecule has 2 aliphatic rings. The Morgan fingerprint density at radius 3 is 2.67 bits per heavy atom. The summed E-state index contributed by atoms with van der Waals surface area (Å²) in [7, 11) is 3.26. The molecule has 0 bridgehead atoms.